The molecule has 2 aromatic rings. The number of piperazine rings is 1. The van der Waals surface area contributed by atoms with E-state index in [4.69, 9.17) is 0 Å². The largest absolute Gasteiger partial charge is 0.368 e. The van der Waals surface area contributed by atoms with Crippen LogP contribution in [0.15, 0.2) is 54.6 Å². The van der Waals surface area contributed by atoms with Gasteiger partial charge in [0.05, 0.1) is 6.26 Å². The molecule has 0 saturated carbocycles. The minimum absolute atomic E-state index is 0.238. The molecule has 1 amide bonds. The normalized spacial score (nSPS) is 16.3. The van der Waals surface area contributed by atoms with E-state index in [-0.39, 0.29) is 11.7 Å². The third-order valence-corrected chi connectivity index (χ3v) is 6.28. The Morgan fingerprint density at radius 2 is 1.57 bits per heavy atom. The Morgan fingerprint density at radius 1 is 1.00 bits per heavy atom. The van der Waals surface area contributed by atoms with Gasteiger partial charge in [-0.15, -0.1) is 0 Å². The van der Waals surface area contributed by atoms with Crippen LogP contribution in [-0.4, -0.2) is 63.0 Å². The molecule has 6 nitrogen and oxygen atoms in total. The lowest BCUT2D eigenvalue weighted by Gasteiger charge is -2.38. The fraction of sp³-hybridized carbons (Fsp3) is 0.350. The van der Waals surface area contributed by atoms with Crippen LogP contribution in [0.25, 0.3) is 0 Å². The van der Waals surface area contributed by atoms with Crippen LogP contribution in [-0.2, 0) is 14.8 Å². The van der Waals surface area contributed by atoms with Gasteiger partial charge in [-0.3, -0.25) is 4.79 Å². The number of carbonyl (C=O) groups excluding carboxylic acids is 1. The second-order valence-corrected chi connectivity index (χ2v) is 8.92. The summed E-state index contributed by atoms with van der Waals surface area (Å²) in [7, 11) is -2.12. The van der Waals surface area contributed by atoms with E-state index in [2.05, 4.69) is 4.90 Å². The maximum absolute atomic E-state index is 13.2. The van der Waals surface area contributed by atoms with Crippen LogP contribution >= 0.6 is 0 Å². The number of sulfonamides is 1. The van der Waals surface area contributed by atoms with Gasteiger partial charge in [-0.25, -0.2) is 12.8 Å². The molecule has 1 saturated heterocycles. The van der Waals surface area contributed by atoms with Gasteiger partial charge >= 0.3 is 0 Å². The minimum Gasteiger partial charge on any atom is -0.368 e. The first-order chi connectivity index (χ1) is 13.3. The van der Waals surface area contributed by atoms with Crippen LogP contribution in [0.3, 0.4) is 0 Å². The molecule has 1 unspecified atom stereocenters. The van der Waals surface area contributed by atoms with Crippen LogP contribution in [0.4, 0.5) is 10.1 Å². The first kappa shape index (κ1) is 20.3. The predicted octanol–water partition coefficient (Wildman–Crippen LogP) is 2.11. The van der Waals surface area contributed by atoms with E-state index < -0.39 is 16.1 Å². The van der Waals surface area contributed by atoms with E-state index in [9.17, 15) is 17.6 Å². The molecule has 0 radical (unpaired) electrons. The number of hydrogen-bond acceptors (Lipinski definition) is 4. The molecule has 8 heteroatoms. The average molecular weight is 405 g/mol. The number of rotatable bonds is 5. The molecular formula is C20H24FN3O3S. The Kier molecular flexibility index (Phi) is 6.00. The quantitative estimate of drug-likeness (QED) is 0.765. The van der Waals surface area contributed by atoms with Crippen molar-refractivity contribution >= 4 is 21.6 Å². The summed E-state index contributed by atoms with van der Waals surface area (Å²) in [5, 5.41) is 0. The van der Waals surface area contributed by atoms with Crippen molar-refractivity contribution in [2.24, 2.45) is 0 Å². The van der Waals surface area contributed by atoms with Crippen molar-refractivity contribution < 1.29 is 17.6 Å². The maximum Gasteiger partial charge on any atom is 0.245 e. The van der Waals surface area contributed by atoms with Crippen molar-refractivity contribution in [2.75, 3.05) is 44.4 Å². The topological polar surface area (TPSA) is 60.9 Å². The fourth-order valence-corrected chi connectivity index (χ4v) is 3.94. The number of carbonyl (C=O) groups is 1. The second-order valence-electron chi connectivity index (χ2n) is 6.88. The van der Waals surface area contributed by atoms with Gasteiger partial charge in [-0.05, 0) is 29.8 Å². The summed E-state index contributed by atoms with van der Waals surface area (Å²) in [6.07, 6.45) is 1.10. The highest BCUT2D eigenvalue weighted by molar-refractivity contribution is 7.88. The highest BCUT2D eigenvalue weighted by Gasteiger charge is 2.35. The summed E-state index contributed by atoms with van der Waals surface area (Å²) in [5.74, 6) is -0.523. The number of nitrogens with zero attached hydrogens (tertiary/aromatic N) is 3. The van der Waals surface area contributed by atoms with E-state index in [0.717, 1.165) is 16.2 Å². The molecule has 0 aromatic heterocycles. The first-order valence-corrected chi connectivity index (χ1v) is 10.9. The zero-order valence-corrected chi connectivity index (χ0v) is 16.8. The predicted molar refractivity (Wildman–Crippen MR) is 107 cm³/mol. The zero-order valence-electron chi connectivity index (χ0n) is 16.0. The van der Waals surface area contributed by atoms with E-state index in [1.807, 2.05) is 6.07 Å². The van der Waals surface area contributed by atoms with Gasteiger partial charge in [0.2, 0.25) is 15.9 Å². The molecule has 28 heavy (non-hydrogen) atoms. The summed E-state index contributed by atoms with van der Waals surface area (Å²) < 4.78 is 38.5. The monoisotopic (exact) mass is 405 g/mol. The second kappa shape index (κ2) is 8.28. The van der Waals surface area contributed by atoms with Crippen LogP contribution < -0.4 is 4.90 Å². The summed E-state index contributed by atoms with van der Waals surface area (Å²) >= 11 is 0. The van der Waals surface area contributed by atoms with Crippen molar-refractivity contribution in [1.82, 2.24) is 9.21 Å². The lowest BCUT2D eigenvalue weighted by molar-refractivity contribution is -0.135. The van der Waals surface area contributed by atoms with Gasteiger partial charge in [0.1, 0.15) is 11.9 Å². The Labute approximate surface area is 165 Å². The van der Waals surface area contributed by atoms with E-state index in [1.165, 1.54) is 19.2 Å². The highest BCUT2D eigenvalue weighted by Crippen LogP contribution is 2.25. The molecule has 150 valence electrons. The van der Waals surface area contributed by atoms with Gasteiger partial charge in [-0.2, -0.15) is 4.31 Å². The number of likely N-dealkylation sites (N-methyl/N-ethyl adjacent to an activating group) is 1. The molecule has 2 aromatic carbocycles. The number of anilines is 1. The third kappa shape index (κ3) is 4.51. The molecule has 0 N–H and O–H groups in total. The third-order valence-electron chi connectivity index (χ3n) is 5.02. The highest BCUT2D eigenvalue weighted by atomic mass is 32.2. The SMILES string of the molecule is CN(C(C(=O)N1CCN(c2ccc(F)cc2)CC1)c1ccccc1)S(C)(=O)=O. The van der Waals surface area contributed by atoms with Crippen molar-refractivity contribution in [2.45, 2.75) is 6.04 Å². The Morgan fingerprint density at radius 3 is 2.11 bits per heavy atom. The van der Waals surface area contributed by atoms with Gasteiger partial charge < -0.3 is 9.80 Å². The minimum atomic E-state index is -3.55. The van der Waals surface area contributed by atoms with Crippen molar-refractivity contribution in [3.05, 3.63) is 66.0 Å². The van der Waals surface area contributed by atoms with E-state index in [0.29, 0.717) is 31.7 Å². The molecule has 1 atom stereocenters. The van der Waals surface area contributed by atoms with Crippen molar-refractivity contribution in [1.29, 1.82) is 0 Å². The summed E-state index contributed by atoms with van der Waals surface area (Å²) in [5.41, 5.74) is 1.54. The number of benzene rings is 2. The molecule has 1 fully saturated rings. The van der Waals surface area contributed by atoms with Crippen LogP contribution in [0.2, 0.25) is 0 Å². The zero-order chi connectivity index (χ0) is 20.3. The smallest absolute Gasteiger partial charge is 0.245 e. The summed E-state index contributed by atoms with van der Waals surface area (Å²) in [6, 6.07) is 14.3. The summed E-state index contributed by atoms with van der Waals surface area (Å²) in [6.45, 7) is 2.14. The Hall–Kier alpha value is -2.45. The average Bonchev–Trinajstić information content (AvgIpc) is 2.69. The first-order valence-electron chi connectivity index (χ1n) is 9.04. The Bertz CT molecular complexity index is 911. The van der Waals surface area contributed by atoms with Gasteiger partial charge in [0.25, 0.3) is 0 Å². The molecule has 3 rings (SSSR count). The standard InChI is InChI=1S/C20H24FN3O3S/c1-22(28(2,26)27)19(16-6-4-3-5-7-16)20(25)24-14-12-23(13-15-24)18-10-8-17(21)9-11-18/h3-11,19H,12-15H2,1-2H3. The molecule has 1 heterocycles. The van der Waals surface area contributed by atoms with Gasteiger partial charge in [0.15, 0.2) is 0 Å². The number of halogens is 1. The maximum atomic E-state index is 13.2. The van der Waals surface area contributed by atoms with Crippen molar-refractivity contribution in [3.8, 4) is 0 Å². The number of hydrogen-bond donors (Lipinski definition) is 0. The van der Waals surface area contributed by atoms with Gasteiger partial charge in [0, 0.05) is 38.9 Å². The van der Waals surface area contributed by atoms with Crippen LogP contribution in [0.5, 0.6) is 0 Å². The lowest BCUT2D eigenvalue weighted by atomic mass is 10.1. The molecule has 0 spiro atoms. The molecule has 0 bridgehead atoms. The molecule has 1 aliphatic rings. The van der Waals surface area contributed by atoms with Gasteiger partial charge in [-0.1, -0.05) is 30.3 Å². The van der Waals surface area contributed by atoms with E-state index >= 15 is 0 Å². The molecule has 0 aliphatic carbocycles. The fourth-order valence-electron chi connectivity index (χ4n) is 3.34. The van der Waals surface area contributed by atoms with Crippen molar-refractivity contribution in [3.63, 3.8) is 0 Å². The Balaban J connectivity index is 1.76. The molecular weight excluding hydrogens is 381 g/mol. The summed E-state index contributed by atoms with van der Waals surface area (Å²) in [4.78, 5) is 17.0. The lowest BCUT2D eigenvalue weighted by Crippen LogP contribution is -2.52. The van der Waals surface area contributed by atoms with Crippen LogP contribution in [0, 0.1) is 5.82 Å². The van der Waals surface area contributed by atoms with E-state index in [1.54, 1.807) is 41.3 Å². The molecule has 1 aliphatic heterocycles. The van der Waals surface area contributed by atoms with Crippen LogP contribution in [0.1, 0.15) is 11.6 Å². The number of amides is 1.